The van der Waals surface area contributed by atoms with Crippen molar-refractivity contribution in [2.45, 2.75) is 10.2 Å². The SMILES string of the molecule is CNc1ncc([N+](=O)[O-])c(Sc2nc(N)cc(=O)[nH]2)n1. The van der Waals surface area contributed by atoms with Crippen molar-refractivity contribution in [3.05, 3.63) is 32.7 Å². The van der Waals surface area contributed by atoms with Gasteiger partial charge in [-0.1, -0.05) is 0 Å². The lowest BCUT2D eigenvalue weighted by Crippen LogP contribution is -2.09. The summed E-state index contributed by atoms with van der Waals surface area (Å²) in [5.74, 6) is 0.228. The molecule has 0 aliphatic carbocycles. The molecule has 0 saturated carbocycles. The molecule has 20 heavy (non-hydrogen) atoms. The minimum Gasteiger partial charge on any atom is -0.383 e. The summed E-state index contributed by atoms with van der Waals surface area (Å²) in [4.78, 5) is 35.6. The Morgan fingerprint density at radius 3 is 2.85 bits per heavy atom. The summed E-state index contributed by atoms with van der Waals surface area (Å²) in [7, 11) is 1.58. The molecule has 10 nitrogen and oxygen atoms in total. The van der Waals surface area contributed by atoms with Gasteiger partial charge in [-0.3, -0.25) is 14.9 Å². The van der Waals surface area contributed by atoms with Gasteiger partial charge in [0, 0.05) is 13.1 Å². The predicted octanol–water partition coefficient (Wildman–Crippen LogP) is 0.243. The molecule has 0 aliphatic rings. The molecular weight excluding hydrogens is 286 g/mol. The van der Waals surface area contributed by atoms with Gasteiger partial charge >= 0.3 is 5.69 Å². The first-order chi connectivity index (χ1) is 9.49. The van der Waals surface area contributed by atoms with Crippen molar-refractivity contribution in [3.8, 4) is 0 Å². The normalized spacial score (nSPS) is 10.2. The van der Waals surface area contributed by atoms with Crippen molar-refractivity contribution in [1.29, 1.82) is 0 Å². The summed E-state index contributed by atoms with van der Waals surface area (Å²) in [5, 5.41) is 13.7. The van der Waals surface area contributed by atoms with Crippen LogP contribution in [0, 0.1) is 10.1 Å². The number of nitrogen functional groups attached to an aromatic ring is 1. The summed E-state index contributed by atoms with van der Waals surface area (Å²) < 4.78 is 0. The predicted molar refractivity (Wildman–Crippen MR) is 71.6 cm³/mol. The van der Waals surface area contributed by atoms with E-state index in [1.165, 1.54) is 0 Å². The second-order valence-electron chi connectivity index (χ2n) is 3.47. The van der Waals surface area contributed by atoms with Gasteiger partial charge in [-0.05, 0) is 11.8 Å². The largest absolute Gasteiger partial charge is 0.383 e. The number of nitrogens with two attached hydrogens (primary N) is 1. The number of hydrogen-bond acceptors (Lipinski definition) is 9. The Hall–Kier alpha value is -2.69. The Morgan fingerprint density at radius 2 is 2.25 bits per heavy atom. The van der Waals surface area contributed by atoms with Gasteiger partial charge in [-0.25, -0.2) is 9.97 Å². The number of rotatable bonds is 4. The van der Waals surface area contributed by atoms with Crippen LogP contribution in [0.5, 0.6) is 0 Å². The van der Waals surface area contributed by atoms with E-state index in [1.807, 2.05) is 0 Å². The van der Waals surface area contributed by atoms with E-state index >= 15 is 0 Å². The van der Waals surface area contributed by atoms with Gasteiger partial charge in [0.15, 0.2) is 10.2 Å². The third-order valence-corrected chi connectivity index (χ3v) is 2.97. The molecule has 0 radical (unpaired) electrons. The van der Waals surface area contributed by atoms with Crippen LogP contribution in [0.4, 0.5) is 17.5 Å². The molecule has 4 N–H and O–H groups in total. The topological polar surface area (TPSA) is 153 Å². The van der Waals surface area contributed by atoms with E-state index in [0.717, 1.165) is 24.0 Å². The Kier molecular flexibility index (Phi) is 3.79. The zero-order valence-electron chi connectivity index (χ0n) is 10.2. The molecular formula is C9H9N7O3S. The average molecular weight is 295 g/mol. The van der Waals surface area contributed by atoms with E-state index in [-0.39, 0.29) is 27.6 Å². The minimum absolute atomic E-state index is 0.0156. The fourth-order valence-electron chi connectivity index (χ4n) is 1.27. The van der Waals surface area contributed by atoms with Crippen molar-refractivity contribution in [2.24, 2.45) is 0 Å². The molecule has 11 heteroatoms. The molecule has 0 fully saturated rings. The molecule has 0 atom stereocenters. The number of nitrogens with one attached hydrogen (secondary N) is 2. The molecule has 0 aromatic carbocycles. The molecule has 0 saturated heterocycles. The maximum absolute atomic E-state index is 11.3. The fourth-order valence-corrected chi connectivity index (χ4v) is 2.12. The summed E-state index contributed by atoms with van der Waals surface area (Å²) in [6.07, 6.45) is 1.07. The molecule has 0 aliphatic heterocycles. The van der Waals surface area contributed by atoms with E-state index in [0.29, 0.717) is 0 Å². The highest BCUT2D eigenvalue weighted by Gasteiger charge is 2.19. The summed E-state index contributed by atoms with van der Waals surface area (Å²) in [6.45, 7) is 0. The second kappa shape index (κ2) is 5.52. The lowest BCUT2D eigenvalue weighted by atomic mass is 10.5. The van der Waals surface area contributed by atoms with Crippen LogP contribution >= 0.6 is 11.8 Å². The third kappa shape index (κ3) is 3.00. The van der Waals surface area contributed by atoms with Crippen LogP contribution in [-0.2, 0) is 0 Å². The number of aromatic nitrogens is 4. The molecule has 0 bridgehead atoms. The molecule has 2 rings (SSSR count). The first-order valence-corrected chi connectivity index (χ1v) is 6.05. The van der Waals surface area contributed by atoms with Crippen molar-refractivity contribution < 1.29 is 4.92 Å². The number of nitro groups is 1. The van der Waals surface area contributed by atoms with Gasteiger partial charge in [0.05, 0.1) is 4.92 Å². The van der Waals surface area contributed by atoms with E-state index in [2.05, 4.69) is 25.3 Å². The first-order valence-electron chi connectivity index (χ1n) is 5.23. The molecule has 104 valence electrons. The fraction of sp³-hybridized carbons (Fsp3) is 0.111. The van der Waals surface area contributed by atoms with E-state index < -0.39 is 10.5 Å². The third-order valence-electron chi connectivity index (χ3n) is 2.09. The quantitative estimate of drug-likeness (QED) is 0.311. The van der Waals surface area contributed by atoms with Crippen LogP contribution in [0.15, 0.2) is 27.2 Å². The molecule has 0 amide bonds. The Balaban J connectivity index is 2.45. The Labute approximate surface area is 116 Å². The molecule has 0 spiro atoms. The van der Waals surface area contributed by atoms with Gasteiger partial charge in [0.2, 0.25) is 5.95 Å². The van der Waals surface area contributed by atoms with Crippen LogP contribution in [0.1, 0.15) is 0 Å². The van der Waals surface area contributed by atoms with Crippen LogP contribution in [0.3, 0.4) is 0 Å². The summed E-state index contributed by atoms with van der Waals surface area (Å²) in [5.41, 5.74) is 4.70. The highest BCUT2D eigenvalue weighted by molar-refractivity contribution is 7.99. The zero-order valence-corrected chi connectivity index (χ0v) is 11.0. The molecule has 2 aromatic rings. The van der Waals surface area contributed by atoms with Crippen molar-refractivity contribution in [2.75, 3.05) is 18.1 Å². The van der Waals surface area contributed by atoms with Crippen LogP contribution in [0.2, 0.25) is 0 Å². The van der Waals surface area contributed by atoms with Gasteiger partial charge in [0.25, 0.3) is 5.56 Å². The van der Waals surface area contributed by atoms with Gasteiger partial charge < -0.3 is 16.0 Å². The van der Waals surface area contributed by atoms with Gasteiger partial charge in [-0.15, -0.1) is 0 Å². The number of hydrogen-bond donors (Lipinski definition) is 3. The van der Waals surface area contributed by atoms with Crippen LogP contribution in [0.25, 0.3) is 0 Å². The highest BCUT2D eigenvalue weighted by atomic mass is 32.2. The van der Waals surface area contributed by atoms with Crippen LogP contribution in [-0.4, -0.2) is 31.9 Å². The summed E-state index contributed by atoms with van der Waals surface area (Å²) in [6, 6.07) is 1.11. The zero-order chi connectivity index (χ0) is 14.7. The van der Waals surface area contributed by atoms with Gasteiger partial charge in [0.1, 0.15) is 12.0 Å². The van der Waals surface area contributed by atoms with Crippen molar-refractivity contribution in [1.82, 2.24) is 19.9 Å². The van der Waals surface area contributed by atoms with E-state index in [9.17, 15) is 14.9 Å². The Morgan fingerprint density at radius 1 is 1.50 bits per heavy atom. The lowest BCUT2D eigenvalue weighted by Gasteiger charge is -2.04. The number of anilines is 2. The maximum atomic E-state index is 11.3. The Bertz CT molecular complexity index is 717. The number of H-pyrrole nitrogens is 1. The summed E-state index contributed by atoms with van der Waals surface area (Å²) >= 11 is 0.821. The minimum atomic E-state index is -0.619. The van der Waals surface area contributed by atoms with Crippen molar-refractivity contribution >= 4 is 29.2 Å². The van der Waals surface area contributed by atoms with Gasteiger partial charge in [-0.2, -0.15) is 4.98 Å². The maximum Gasteiger partial charge on any atom is 0.320 e. The molecule has 0 unspecified atom stereocenters. The lowest BCUT2D eigenvalue weighted by molar-refractivity contribution is -0.388. The molecule has 2 heterocycles. The highest BCUT2D eigenvalue weighted by Crippen LogP contribution is 2.30. The second-order valence-corrected chi connectivity index (χ2v) is 4.45. The monoisotopic (exact) mass is 295 g/mol. The van der Waals surface area contributed by atoms with Crippen LogP contribution < -0.4 is 16.6 Å². The smallest absolute Gasteiger partial charge is 0.320 e. The average Bonchev–Trinajstić information content (AvgIpc) is 2.37. The number of nitrogens with zero attached hydrogens (tertiary/aromatic N) is 4. The van der Waals surface area contributed by atoms with E-state index in [1.54, 1.807) is 7.05 Å². The number of aromatic amines is 1. The first kappa shape index (κ1) is 13.7. The van der Waals surface area contributed by atoms with Crippen molar-refractivity contribution in [3.63, 3.8) is 0 Å². The standard InChI is InChI=1S/C9H9N7O3S/c1-11-8-12-3-4(16(18)19)7(15-8)20-9-13-5(10)2-6(17)14-9/h2-3H,1H3,(H,11,12,15)(H3,10,13,14,17). The molecule has 2 aromatic heterocycles. The van der Waals surface area contributed by atoms with E-state index in [4.69, 9.17) is 5.73 Å².